The molecule has 7 nitrogen and oxygen atoms in total. The number of carbonyl (C=O) groups is 1. The summed E-state index contributed by atoms with van der Waals surface area (Å²) in [5.74, 6) is 0.544. The van der Waals surface area contributed by atoms with Crippen LogP contribution in [0.3, 0.4) is 0 Å². The van der Waals surface area contributed by atoms with Crippen LogP contribution in [0.4, 0.5) is 18.3 Å². The Labute approximate surface area is 205 Å². The molecule has 188 valence electrons. The average molecular weight is 510 g/mol. The average Bonchev–Trinajstić information content (AvgIpc) is 3.31. The zero-order valence-electron chi connectivity index (χ0n) is 19.4. The van der Waals surface area contributed by atoms with Crippen LogP contribution in [0.2, 0.25) is 0 Å². The van der Waals surface area contributed by atoms with E-state index in [1.54, 1.807) is 12.1 Å². The van der Waals surface area contributed by atoms with E-state index in [1.165, 1.54) is 42.6 Å². The number of carbonyl (C=O) groups excluding carboxylic acids is 1. The highest BCUT2D eigenvalue weighted by Gasteiger charge is 2.32. The number of rotatable bonds is 8. The number of morpholine rings is 1. The van der Waals surface area contributed by atoms with Crippen molar-refractivity contribution in [1.29, 1.82) is 0 Å². The van der Waals surface area contributed by atoms with Gasteiger partial charge in [0.2, 0.25) is 0 Å². The first kappa shape index (κ1) is 25.2. The number of hydrogen-bond acceptors (Lipinski definition) is 7. The first-order valence-electron chi connectivity index (χ1n) is 11.1. The van der Waals surface area contributed by atoms with Crippen LogP contribution >= 0.6 is 11.3 Å². The Hall–Kier alpha value is -2.89. The Kier molecular flexibility index (Phi) is 7.78. The van der Waals surface area contributed by atoms with Crippen molar-refractivity contribution in [3.63, 3.8) is 0 Å². The second-order valence-electron chi connectivity index (χ2n) is 7.99. The molecule has 1 fully saturated rings. The van der Waals surface area contributed by atoms with Crippen LogP contribution in [0.25, 0.3) is 10.2 Å². The van der Waals surface area contributed by atoms with Gasteiger partial charge in [-0.2, -0.15) is 13.2 Å². The molecule has 2 heterocycles. The highest BCUT2D eigenvalue weighted by Crippen LogP contribution is 2.40. The smallest absolute Gasteiger partial charge is 0.416 e. The van der Waals surface area contributed by atoms with Crippen molar-refractivity contribution in [2.45, 2.75) is 12.6 Å². The van der Waals surface area contributed by atoms with Crippen molar-refractivity contribution in [2.75, 3.05) is 58.5 Å². The Morgan fingerprint density at radius 3 is 2.54 bits per heavy atom. The number of fused-ring (bicyclic) bond motifs is 1. The summed E-state index contributed by atoms with van der Waals surface area (Å²) in [4.78, 5) is 21.8. The molecule has 4 rings (SSSR count). The maximum atomic E-state index is 13.5. The second-order valence-corrected chi connectivity index (χ2v) is 8.96. The number of ether oxygens (including phenoxy) is 3. The van der Waals surface area contributed by atoms with Gasteiger partial charge >= 0.3 is 6.18 Å². The molecule has 11 heteroatoms. The molecule has 1 saturated heterocycles. The van der Waals surface area contributed by atoms with Crippen molar-refractivity contribution in [3.05, 3.63) is 47.5 Å². The van der Waals surface area contributed by atoms with Crippen LogP contribution in [-0.2, 0) is 10.9 Å². The van der Waals surface area contributed by atoms with E-state index in [4.69, 9.17) is 14.2 Å². The molecule has 0 radical (unpaired) electrons. The quantitative estimate of drug-likeness (QED) is 0.439. The third kappa shape index (κ3) is 5.68. The standard InChI is InChI=1S/C24H26F3N3O4S/c1-32-18-7-8-19(33-2)21-20(18)28-23(35-21)30(10-4-9-29-11-13-34-14-12-29)22(31)16-5-3-6-17(15-16)24(25,26)27/h3,5-8,15H,4,9-14H2,1-2H3. The molecule has 1 aromatic heterocycles. The molecule has 0 N–H and O–H groups in total. The summed E-state index contributed by atoms with van der Waals surface area (Å²) in [6.07, 6.45) is -3.93. The van der Waals surface area contributed by atoms with E-state index >= 15 is 0 Å². The molecular weight excluding hydrogens is 483 g/mol. The predicted octanol–water partition coefficient (Wildman–Crippen LogP) is 4.70. The fraction of sp³-hybridized carbons (Fsp3) is 0.417. The van der Waals surface area contributed by atoms with Crippen LogP contribution < -0.4 is 14.4 Å². The van der Waals surface area contributed by atoms with E-state index < -0.39 is 17.6 Å². The molecule has 1 amide bonds. The number of halogens is 3. The van der Waals surface area contributed by atoms with Gasteiger partial charge in [0.25, 0.3) is 5.91 Å². The van der Waals surface area contributed by atoms with E-state index in [-0.39, 0.29) is 12.1 Å². The first-order chi connectivity index (χ1) is 16.8. The zero-order valence-corrected chi connectivity index (χ0v) is 20.2. The molecule has 2 aromatic carbocycles. The van der Waals surface area contributed by atoms with Crippen molar-refractivity contribution < 1.29 is 32.2 Å². The summed E-state index contributed by atoms with van der Waals surface area (Å²) < 4.78 is 56.8. The number of amides is 1. The van der Waals surface area contributed by atoms with Crippen LogP contribution in [-0.4, -0.2) is 69.4 Å². The predicted molar refractivity (Wildman–Crippen MR) is 128 cm³/mol. The van der Waals surface area contributed by atoms with Crippen molar-refractivity contribution in [2.24, 2.45) is 0 Å². The highest BCUT2D eigenvalue weighted by molar-refractivity contribution is 7.22. The van der Waals surface area contributed by atoms with Crippen molar-refractivity contribution in [3.8, 4) is 11.5 Å². The fourth-order valence-corrected chi connectivity index (χ4v) is 5.03. The van der Waals surface area contributed by atoms with E-state index in [0.29, 0.717) is 46.5 Å². The SMILES string of the molecule is COc1ccc(OC)c2sc(N(CCCN3CCOCC3)C(=O)c3cccc(C(F)(F)F)c3)nc12. The molecular formula is C24H26F3N3O4S. The van der Waals surface area contributed by atoms with Gasteiger partial charge in [-0.3, -0.25) is 14.6 Å². The minimum Gasteiger partial charge on any atom is -0.495 e. The third-order valence-corrected chi connectivity index (χ3v) is 6.86. The van der Waals surface area contributed by atoms with Gasteiger partial charge in [-0.25, -0.2) is 4.98 Å². The monoisotopic (exact) mass is 509 g/mol. The molecule has 0 spiro atoms. The molecule has 1 aliphatic heterocycles. The topological polar surface area (TPSA) is 64.1 Å². The number of benzene rings is 2. The second kappa shape index (κ2) is 10.8. The molecule has 35 heavy (non-hydrogen) atoms. The van der Waals surface area contributed by atoms with Gasteiger partial charge in [-0.05, 0) is 36.8 Å². The number of hydrogen-bond donors (Lipinski definition) is 0. The summed E-state index contributed by atoms with van der Waals surface area (Å²) in [6, 6.07) is 7.94. The minimum atomic E-state index is -4.55. The van der Waals surface area contributed by atoms with Crippen LogP contribution in [0.15, 0.2) is 36.4 Å². The van der Waals surface area contributed by atoms with E-state index in [1.807, 2.05) is 0 Å². The summed E-state index contributed by atoms with van der Waals surface area (Å²) >= 11 is 1.24. The lowest BCUT2D eigenvalue weighted by Gasteiger charge is -2.27. The van der Waals surface area contributed by atoms with E-state index in [9.17, 15) is 18.0 Å². The van der Waals surface area contributed by atoms with E-state index in [2.05, 4.69) is 9.88 Å². The molecule has 3 aromatic rings. The Balaban J connectivity index is 1.68. The normalized spacial score (nSPS) is 14.8. The third-order valence-electron chi connectivity index (χ3n) is 5.77. The first-order valence-corrected chi connectivity index (χ1v) is 11.9. The van der Waals surface area contributed by atoms with Crippen molar-refractivity contribution >= 4 is 32.6 Å². The summed E-state index contributed by atoms with van der Waals surface area (Å²) in [5.41, 5.74) is -0.393. The van der Waals surface area contributed by atoms with E-state index in [0.717, 1.165) is 31.8 Å². The molecule has 0 unspecified atom stereocenters. The zero-order chi connectivity index (χ0) is 25.0. The van der Waals surface area contributed by atoms with Gasteiger partial charge in [0.15, 0.2) is 5.13 Å². The maximum Gasteiger partial charge on any atom is 0.416 e. The largest absolute Gasteiger partial charge is 0.495 e. The lowest BCUT2D eigenvalue weighted by molar-refractivity contribution is -0.137. The number of thiazole rings is 1. The van der Waals surface area contributed by atoms with Gasteiger partial charge in [-0.15, -0.1) is 0 Å². The Bertz CT molecular complexity index is 1140. The molecule has 0 atom stereocenters. The van der Waals surface area contributed by atoms with Crippen molar-refractivity contribution in [1.82, 2.24) is 9.88 Å². The number of alkyl halides is 3. The van der Waals surface area contributed by atoms with Crippen LogP contribution in [0.1, 0.15) is 22.3 Å². The van der Waals surface area contributed by atoms with Gasteiger partial charge in [-0.1, -0.05) is 17.4 Å². The lowest BCUT2D eigenvalue weighted by Crippen LogP contribution is -2.39. The summed E-state index contributed by atoms with van der Waals surface area (Å²) in [5, 5.41) is 0.368. The lowest BCUT2D eigenvalue weighted by atomic mass is 10.1. The van der Waals surface area contributed by atoms with Gasteiger partial charge < -0.3 is 14.2 Å². The van der Waals surface area contributed by atoms with Crippen LogP contribution in [0, 0.1) is 0 Å². The Morgan fingerprint density at radius 1 is 1.14 bits per heavy atom. The minimum absolute atomic E-state index is 0.0515. The Morgan fingerprint density at radius 2 is 1.86 bits per heavy atom. The molecule has 0 saturated carbocycles. The molecule has 1 aliphatic rings. The van der Waals surface area contributed by atoms with Gasteiger partial charge in [0.05, 0.1) is 33.0 Å². The van der Waals surface area contributed by atoms with Gasteiger partial charge in [0.1, 0.15) is 21.7 Å². The maximum absolute atomic E-state index is 13.5. The fourth-order valence-electron chi connectivity index (χ4n) is 3.94. The summed E-state index contributed by atoms with van der Waals surface area (Å²) in [7, 11) is 3.06. The number of aromatic nitrogens is 1. The number of anilines is 1. The van der Waals surface area contributed by atoms with Crippen LogP contribution in [0.5, 0.6) is 11.5 Å². The number of nitrogens with zero attached hydrogens (tertiary/aromatic N) is 3. The highest BCUT2D eigenvalue weighted by atomic mass is 32.1. The molecule has 0 bridgehead atoms. The van der Waals surface area contributed by atoms with Gasteiger partial charge in [0, 0.05) is 31.7 Å². The number of methoxy groups -OCH3 is 2. The molecule has 0 aliphatic carbocycles. The summed E-state index contributed by atoms with van der Waals surface area (Å²) in [6.45, 7) is 3.94.